The Balaban J connectivity index is 1.90. The average Bonchev–Trinajstić information content (AvgIpc) is 2.60. The Labute approximate surface area is 151 Å². The molecular weight excluding hydrogens is 310 g/mol. The van der Waals surface area contributed by atoms with E-state index >= 15 is 0 Å². The van der Waals surface area contributed by atoms with E-state index < -0.39 is 0 Å². The maximum absolute atomic E-state index is 4.51. The van der Waals surface area contributed by atoms with E-state index in [0.717, 1.165) is 24.7 Å². The molecule has 5 nitrogen and oxygen atoms in total. The van der Waals surface area contributed by atoms with Crippen molar-refractivity contribution in [2.45, 2.75) is 46.3 Å². The van der Waals surface area contributed by atoms with Crippen LogP contribution in [-0.4, -0.2) is 48.1 Å². The summed E-state index contributed by atoms with van der Waals surface area (Å²) in [5.74, 6) is 0.808. The highest BCUT2D eigenvalue weighted by Gasteiger charge is 2.12. The van der Waals surface area contributed by atoms with Crippen molar-refractivity contribution in [3.8, 4) is 0 Å². The van der Waals surface area contributed by atoms with E-state index in [2.05, 4.69) is 71.4 Å². The molecule has 0 spiro atoms. The lowest BCUT2D eigenvalue weighted by atomic mass is 10.1. The van der Waals surface area contributed by atoms with Gasteiger partial charge in [0.1, 0.15) is 0 Å². The smallest absolute Gasteiger partial charge is 0.191 e. The van der Waals surface area contributed by atoms with Gasteiger partial charge in [-0.05, 0) is 39.1 Å². The molecule has 2 rings (SSSR count). The fraction of sp³-hybridized carbons (Fsp3) is 0.500. The van der Waals surface area contributed by atoms with Gasteiger partial charge in [-0.1, -0.05) is 24.3 Å². The molecule has 0 fully saturated rings. The molecule has 0 radical (unpaired) electrons. The molecule has 1 heterocycles. The average molecular weight is 342 g/mol. The van der Waals surface area contributed by atoms with Gasteiger partial charge in [-0.2, -0.15) is 0 Å². The maximum Gasteiger partial charge on any atom is 0.191 e. The lowest BCUT2D eigenvalue weighted by molar-refractivity contribution is 0.178. The normalized spacial score (nSPS) is 12.4. The van der Waals surface area contributed by atoms with Crippen LogP contribution in [0.3, 0.4) is 0 Å². The van der Waals surface area contributed by atoms with Crippen molar-refractivity contribution in [3.05, 3.63) is 42.2 Å². The highest BCUT2D eigenvalue weighted by Crippen LogP contribution is 2.15. The summed E-state index contributed by atoms with van der Waals surface area (Å²) in [4.78, 5) is 11.3. The first kappa shape index (κ1) is 19.2. The number of aliphatic imine (C=N–C) groups is 1. The number of pyridine rings is 1. The van der Waals surface area contributed by atoms with Crippen molar-refractivity contribution in [1.29, 1.82) is 0 Å². The summed E-state index contributed by atoms with van der Waals surface area (Å²) in [6.45, 7) is 11.4. The Morgan fingerprint density at radius 2 is 1.80 bits per heavy atom. The summed E-state index contributed by atoms with van der Waals surface area (Å²) < 4.78 is 0. The Bertz CT molecular complexity index is 680. The van der Waals surface area contributed by atoms with E-state index in [9.17, 15) is 0 Å². The van der Waals surface area contributed by atoms with Crippen LogP contribution in [0.5, 0.6) is 0 Å². The second kappa shape index (κ2) is 9.37. The van der Waals surface area contributed by atoms with E-state index in [1.807, 2.05) is 18.3 Å². The van der Waals surface area contributed by atoms with Crippen molar-refractivity contribution < 1.29 is 0 Å². The molecule has 0 bridgehead atoms. The molecule has 0 aliphatic heterocycles. The lowest BCUT2D eigenvalue weighted by Crippen LogP contribution is -2.45. The van der Waals surface area contributed by atoms with Gasteiger partial charge in [0.15, 0.2) is 5.96 Å². The van der Waals surface area contributed by atoms with Crippen LogP contribution >= 0.6 is 0 Å². The molecule has 1 aromatic carbocycles. The maximum atomic E-state index is 4.51. The van der Waals surface area contributed by atoms with Crippen molar-refractivity contribution in [2.75, 3.05) is 20.1 Å². The molecule has 1 aromatic heterocycles. The molecule has 2 N–H and O–H groups in total. The van der Waals surface area contributed by atoms with Gasteiger partial charge < -0.3 is 10.6 Å². The molecule has 2 aromatic rings. The van der Waals surface area contributed by atoms with E-state index in [1.165, 1.54) is 10.8 Å². The summed E-state index contributed by atoms with van der Waals surface area (Å²) in [5, 5.41) is 9.15. The molecule has 0 saturated heterocycles. The summed E-state index contributed by atoms with van der Waals surface area (Å²) in [7, 11) is 1.80. The first-order chi connectivity index (χ1) is 12.0. The number of guanidine groups is 1. The van der Waals surface area contributed by atoms with Gasteiger partial charge >= 0.3 is 0 Å². The number of hydrogen-bond donors (Lipinski definition) is 2. The zero-order valence-corrected chi connectivity index (χ0v) is 16.1. The quantitative estimate of drug-likeness (QED) is 0.600. The first-order valence-corrected chi connectivity index (χ1v) is 9.05. The zero-order chi connectivity index (χ0) is 18.2. The second-order valence-corrected chi connectivity index (χ2v) is 6.76. The van der Waals surface area contributed by atoms with E-state index in [0.29, 0.717) is 18.6 Å². The third-order valence-corrected chi connectivity index (χ3v) is 4.39. The van der Waals surface area contributed by atoms with Gasteiger partial charge in [0.25, 0.3) is 0 Å². The Morgan fingerprint density at radius 3 is 2.48 bits per heavy atom. The molecule has 0 aliphatic carbocycles. The van der Waals surface area contributed by atoms with Gasteiger partial charge in [-0.3, -0.25) is 14.9 Å². The molecular formula is C20H31N5. The number of hydrogen-bond acceptors (Lipinski definition) is 3. The topological polar surface area (TPSA) is 52.6 Å². The lowest BCUT2D eigenvalue weighted by Gasteiger charge is -2.30. The molecule has 0 atom stereocenters. The minimum Gasteiger partial charge on any atom is -0.355 e. The van der Waals surface area contributed by atoms with Gasteiger partial charge in [-0.15, -0.1) is 0 Å². The summed E-state index contributed by atoms with van der Waals surface area (Å²) in [6, 6.07) is 11.4. The molecule has 5 heteroatoms. The summed E-state index contributed by atoms with van der Waals surface area (Å²) in [6.07, 6.45) is 1.86. The minimum absolute atomic E-state index is 0.539. The molecule has 25 heavy (non-hydrogen) atoms. The van der Waals surface area contributed by atoms with Crippen LogP contribution in [0.15, 0.2) is 41.5 Å². The first-order valence-electron chi connectivity index (χ1n) is 9.05. The van der Waals surface area contributed by atoms with Crippen LogP contribution in [-0.2, 0) is 6.54 Å². The van der Waals surface area contributed by atoms with Gasteiger partial charge in [0.2, 0.25) is 0 Å². The predicted molar refractivity (Wildman–Crippen MR) is 107 cm³/mol. The molecule has 0 saturated carbocycles. The second-order valence-electron chi connectivity index (χ2n) is 6.76. The standard InChI is InChI=1S/C20H31N5/c1-15(2)25(16(3)4)13-12-23-20(21-5)24-14-19-18-9-7-6-8-17(18)10-11-22-19/h6-11,15-16H,12-14H2,1-5H3,(H2,21,23,24). The Morgan fingerprint density at radius 1 is 1.08 bits per heavy atom. The van der Waals surface area contributed by atoms with Crippen LogP contribution in [0.4, 0.5) is 0 Å². The number of nitrogens with zero attached hydrogens (tertiary/aromatic N) is 3. The fourth-order valence-electron chi connectivity index (χ4n) is 3.13. The van der Waals surface area contributed by atoms with Crippen molar-refractivity contribution in [1.82, 2.24) is 20.5 Å². The zero-order valence-electron chi connectivity index (χ0n) is 16.1. The van der Waals surface area contributed by atoms with Crippen LogP contribution in [0.25, 0.3) is 10.8 Å². The number of aromatic nitrogens is 1. The summed E-state index contributed by atoms with van der Waals surface area (Å²) >= 11 is 0. The summed E-state index contributed by atoms with van der Waals surface area (Å²) in [5.41, 5.74) is 1.03. The third-order valence-electron chi connectivity index (χ3n) is 4.39. The van der Waals surface area contributed by atoms with Crippen LogP contribution in [0.2, 0.25) is 0 Å². The minimum atomic E-state index is 0.539. The highest BCUT2D eigenvalue weighted by atomic mass is 15.2. The van der Waals surface area contributed by atoms with Crippen molar-refractivity contribution in [2.24, 2.45) is 4.99 Å². The van der Waals surface area contributed by atoms with Gasteiger partial charge in [0.05, 0.1) is 12.2 Å². The van der Waals surface area contributed by atoms with Crippen LogP contribution < -0.4 is 10.6 Å². The van der Waals surface area contributed by atoms with E-state index in [-0.39, 0.29) is 0 Å². The monoisotopic (exact) mass is 341 g/mol. The van der Waals surface area contributed by atoms with E-state index in [4.69, 9.17) is 0 Å². The molecule has 0 aliphatic rings. The largest absolute Gasteiger partial charge is 0.355 e. The Kier molecular flexibility index (Phi) is 7.19. The van der Waals surface area contributed by atoms with Gasteiger partial charge in [0, 0.05) is 43.8 Å². The van der Waals surface area contributed by atoms with Crippen LogP contribution in [0.1, 0.15) is 33.4 Å². The predicted octanol–water partition coefficient (Wildman–Crippen LogP) is 3.02. The van der Waals surface area contributed by atoms with Crippen molar-refractivity contribution >= 4 is 16.7 Å². The third kappa shape index (κ3) is 5.43. The SMILES string of the molecule is CN=C(NCCN(C(C)C)C(C)C)NCc1nccc2ccccc12. The Hall–Kier alpha value is -2.14. The highest BCUT2D eigenvalue weighted by molar-refractivity contribution is 5.85. The van der Waals surface area contributed by atoms with Crippen LogP contribution in [0, 0.1) is 0 Å². The molecule has 136 valence electrons. The number of fused-ring (bicyclic) bond motifs is 1. The van der Waals surface area contributed by atoms with E-state index in [1.54, 1.807) is 7.05 Å². The number of benzene rings is 1. The number of rotatable bonds is 7. The molecule has 0 unspecified atom stereocenters. The fourth-order valence-corrected chi connectivity index (χ4v) is 3.13. The van der Waals surface area contributed by atoms with Crippen molar-refractivity contribution in [3.63, 3.8) is 0 Å². The molecule has 0 amide bonds. The number of nitrogens with one attached hydrogen (secondary N) is 2. The van der Waals surface area contributed by atoms with Gasteiger partial charge in [-0.25, -0.2) is 0 Å².